The number of piperidine rings is 1. The summed E-state index contributed by atoms with van der Waals surface area (Å²) < 4.78 is 0. The van der Waals surface area contributed by atoms with E-state index in [0.29, 0.717) is 18.6 Å². The van der Waals surface area contributed by atoms with E-state index in [-0.39, 0.29) is 24.4 Å². The van der Waals surface area contributed by atoms with E-state index in [2.05, 4.69) is 10.2 Å². The maximum absolute atomic E-state index is 11.7. The summed E-state index contributed by atoms with van der Waals surface area (Å²) in [5.74, 6) is 0.176. The van der Waals surface area contributed by atoms with Crippen LogP contribution in [0.2, 0.25) is 0 Å². The van der Waals surface area contributed by atoms with E-state index in [1.165, 1.54) is 12.8 Å². The zero-order valence-corrected chi connectivity index (χ0v) is 11.3. The molecular formula is C12H24ClN3O. The van der Waals surface area contributed by atoms with Gasteiger partial charge in [0, 0.05) is 18.1 Å². The summed E-state index contributed by atoms with van der Waals surface area (Å²) in [4.78, 5) is 14.0. The molecule has 1 saturated carbocycles. The Bertz CT molecular complexity index is 256. The van der Waals surface area contributed by atoms with Crippen LogP contribution in [0.15, 0.2) is 0 Å². The number of carbonyl (C=O) groups is 1. The normalized spacial score (nSPS) is 27.1. The molecule has 5 heteroatoms. The summed E-state index contributed by atoms with van der Waals surface area (Å²) in [6, 6.07) is 1.01. The van der Waals surface area contributed by atoms with Crippen molar-refractivity contribution in [2.45, 2.75) is 57.2 Å². The Morgan fingerprint density at radius 2 is 2.12 bits per heavy atom. The average molecular weight is 262 g/mol. The number of amides is 1. The Kier molecular flexibility index (Phi) is 5.70. The predicted molar refractivity (Wildman–Crippen MR) is 71.3 cm³/mol. The van der Waals surface area contributed by atoms with Crippen LogP contribution in [0.1, 0.15) is 39.0 Å². The van der Waals surface area contributed by atoms with Gasteiger partial charge in [0.05, 0.1) is 6.54 Å². The second-order valence-electron chi connectivity index (χ2n) is 5.23. The Morgan fingerprint density at radius 1 is 1.41 bits per heavy atom. The van der Waals surface area contributed by atoms with E-state index in [9.17, 15) is 4.79 Å². The van der Waals surface area contributed by atoms with Gasteiger partial charge in [0.1, 0.15) is 0 Å². The number of likely N-dealkylation sites (tertiary alicyclic amines) is 1. The van der Waals surface area contributed by atoms with Crippen molar-refractivity contribution >= 4 is 18.3 Å². The fourth-order valence-electron chi connectivity index (χ4n) is 2.49. The van der Waals surface area contributed by atoms with Crippen molar-refractivity contribution in [3.8, 4) is 0 Å². The van der Waals surface area contributed by atoms with Gasteiger partial charge >= 0.3 is 0 Å². The molecule has 1 aliphatic carbocycles. The highest BCUT2D eigenvalue weighted by Gasteiger charge is 2.29. The molecule has 1 saturated heterocycles. The minimum Gasteiger partial charge on any atom is -0.352 e. The Balaban J connectivity index is 0.00000144. The van der Waals surface area contributed by atoms with Crippen LogP contribution in [0.3, 0.4) is 0 Å². The third kappa shape index (κ3) is 4.45. The Labute approximate surface area is 110 Å². The first kappa shape index (κ1) is 14.7. The molecule has 0 bridgehead atoms. The standard InChI is InChI=1S/C12H23N3O.ClH/c1-9(13)11-4-2-3-7-15(11)8-12(16)14-10-5-6-10;/h9-11H,2-8,13H2,1H3,(H,14,16);1H. The van der Waals surface area contributed by atoms with Crippen LogP contribution in [0, 0.1) is 0 Å². The van der Waals surface area contributed by atoms with Gasteiger partial charge in [-0.25, -0.2) is 0 Å². The van der Waals surface area contributed by atoms with Gasteiger partial charge in [-0.1, -0.05) is 6.42 Å². The van der Waals surface area contributed by atoms with E-state index in [1.54, 1.807) is 0 Å². The largest absolute Gasteiger partial charge is 0.352 e. The van der Waals surface area contributed by atoms with Crippen LogP contribution >= 0.6 is 12.4 Å². The SMILES string of the molecule is CC(N)C1CCCCN1CC(=O)NC1CC1.Cl. The van der Waals surface area contributed by atoms with Crippen LogP contribution in [0.25, 0.3) is 0 Å². The highest BCUT2D eigenvalue weighted by atomic mass is 35.5. The van der Waals surface area contributed by atoms with E-state index < -0.39 is 0 Å². The highest BCUT2D eigenvalue weighted by Crippen LogP contribution is 2.20. The Hall–Kier alpha value is -0.320. The summed E-state index contributed by atoms with van der Waals surface area (Å²) in [5, 5.41) is 3.04. The molecule has 0 aromatic carbocycles. The maximum Gasteiger partial charge on any atom is 0.234 e. The molecule has 1 aliphatic heterocycles. The van der Waals surface area contributed by atoms with Gasteiger partial charge in [0.25, 0.3) is 0 Å². The van der Waals surface area contributed by atoms with E-state index in [1.807, 2.05) is 6.92 Å². The third-order valence-corrected chi connectivity index (χ3v) is 3.56. The first-order valence-corrected chi connectivity index (χ1v) is 6.46. The van der Waals surface area contributed by atoms with Crippen molar-refractivity contribution in [1.29, 1.82) is 0 Å². The van der Waals surface area contributed by atoms with Crippen molar-refractivity contribution in [2.75, 3.05) is 13.1 Å². The van der Waals surface area contributed by atoms with Gasteiger partial charge in [-0.2, -0.15) is 0 Å². The molecular weight excluding hydrogens is 238 g/mol. The van der Waals surface area contributed by atoms with Crippen molar-refractivity contribution in [1.82, 2.24) is 10.2 Å². The van der Waals surface area contributed by atoms with Crippen molar-refractivity contribution in [3.63, 3.8) is 0 Å². The maximum atomic E-state index is 11.7. The van der Waals surface area contributed by atoms with Crippen LogP contribution in [0.5, 0.6) is 0 Å². The number of halogens is 1. The van der Waals surface area contributed by atoms with Crippen molar-refractivity contribution in [3.05, 3.63) is 0 Å². The molecule has 2 aliphatic rings. The van der Waals surface area contributed by atoms with Gasteiger partial charge < -0.3 is 11.1 Å². The highest BCUT2D eigenvalue weighted by molar-refractivity contribution is 5.85. The van der Waals surface area contributed by atoms with Crippen LogP contribution in [-0.4, -0.2) is 42.0 Å². The molecule has 3 N–H and O–H groups in total. The molecule has 0 spiro atoms. The molecule has 0 aromatic rings. The van der Waals surface area contributed by atoms with Crippen molar-refractivity contribution in [2.24, 2.45) is 5.73 Å². The summed E-state index contributed by atoms with van der Waals surface area (Å²) in [6.45, 7) is 3.59. The van der Waals surface area contributed by atoms with E-state index in [4.69, 9.17) is 5.73 Å². The zero-order chi connectivity index (χ0) is 11.5. The van der Waals surface area contributed by atoms with Crippen LogP contribution < -0.4 is 11.1 Å². The summed E-state index contributed by atoms with van der Waals surface area (Å²) >= 11 is 0. The van der Waals surface area contributed by atoms with Crippen molar-refractivity contribution < 1.29 is 4.79 Å². The number of hydrogen-bond donors (Lipinski definition) is 2. The van der Waals surface area contributed by atoms with Gasteiger partial charge in [-0.15, -0.1) is 12.4 Å². The molecule has 0 radical (unpaired) electrons. The number of hydrogen-bond acceptors (Lipinski definition) is 3. The monoisotopic (exact) mass is 261 g/mol. The number of nitrogens with zero attached hydrogens (tertiary/aromatic N) is 1. The van der Waals surface area contributed by atoms with Gasteiger partial charge in [-0.3, -0.25) is 9.69 Å². The third-order valence-electron chi connectivity index (χ3n) is 3.56. The molecule has 2 rings (SSSR count). The quantitative estimate of drug-likeness (QED) is 0.790. The second kappa shape index (κ2) is 6.57. The molecule has 1 heterocycles. The Morgan fingerprint density at radius 3 is 2.71 bits per heavy atom. The predicted octanol–water partition coefficient (Wildman–Crippen LogP) is 0.888. The minimum absolute atomic E-state index is 0. The smallest absolute Gasteiger partial charge is 0.234 e. The van der Waals surface area contributed by atoms with Crippen LogP contribution in [-0.2, 0) is 4.79 Å². The molecule has 2 fully saturated rings. The second-order valence-corrected chi connectivity index (χ2v) is 5.23. The van der Waals surface area contributed by atoms with Gasteiger partial charge in [0.2, 0.25) is 5.91 Å². The zero-order valence-electron chi connectivity index (χ0n) is 10.5. The summed E-state index contributed by atoms with van der Waals surface area (Å²) in [7, 11) is 0. The summed E-state index contributed by atoms with van der Waals surface area (Å²) in [6.07, 6.45) is 5.88. The molecule has 0 aromatic heterocycles. The molecule has 100 valence electrons. The fourth-order valence-corrected chi connectivity index (χ4v) is 2.49. The summed E-state index contributed by atoms with van der Waals surface area (Å²) in [5.41, 5.74) is 5.97. The van der Waals surface area contributed by atoms with E-state index >= 15 is 0 Å². The molecule has 17 heavy (non-hydrogen) atoms. The number of nitrogens with one attached hydrogen (secondary N) is 1. The van der Waals surface area contributed by atoms with Gasteiger partial charge in [0.15, 0.2) is 0 Å². The van der Waals surface area contributed by atoms with Gasteiger partial charge in [-0.05, 0) is 39.2 Å². The average Bonchev–Trinajstić information content (AvgIpc) is 3.02. The minimum atomic E-state index is 0. The lowest BCUT2D eigenvalue weighted by atomic mass is 9.97. The molecule has 2 atom stereocenters. The fraction of sp³-hybridized carbons (Fsp3) is 0.917. The first-order valence-electron chi connectivity index (χ1n) is 6.46. The van der Waals surface area contributed by atoms with Crippen LogP contribution in [0.4, 0.5) is 0 Å². The lowest BCUT2D eigenvalue weighted by molar-refractivity contribution is -0.123. The van der Waals surface area contributed by atoms with E-state index in [0.717, 1.165) is 25.8 Å². The topological polar surface area (TPSA) is 58.4 Å². The number of carbonyl (C=O) groups excluding carboxylic acids is 1. The molecule has 4 nitrogen and oxygen atoms in total. The molecule has 1 amide bonds. The lowest BCUT2D eigenvalue weighted by Crippen LogP contribution is -2.52. The molecule has 2 unspecified atom stereocenters. The number of nitrogens with two attached hydrogens (primary N) is 1. The lowest BCUT2D eigenvalue weighted by Gasteiger charge is -2.37. The first-order chi connectivity index (χ1) is 7.66. The number of rotatable bonds is 4.